The Hall–Kier alpha value is 0.230. The van der Waals surface area contributed by atoms with Crippen molar-refractivity contribution < 1.29 is 4.79 Å². The second-order valence-electron chi connectivity index (χ2n) is 1.94. The maximum atomic E-state index is 10.6. The predicted molar refractivity (Wildman–Crippen MR) is 54.5 cm³/mol. The van der Waals surface area contributed by atoms with Gasteiger partial charge in [-0.1, -0.05) is 23.2 Å². The highest BCUT2D eigenvalue weighted by atomic mass is 35.5. The second kappa shape index (κ2) is 4.46. The third-order valence-corrected chi connectivity index (χ3v) is 4.16. The molecule has 0 amide bonds. The number of aromatic nitrogens is 1. The normalized spacial score (nSPS) is 12.9. The Morgan fingerprint density at radius 1 is 1.67 bits per heavy atom. The first-order valence-corrected chi connectivity index (χ1v) is 5.81. The lowest BCUT2D eigenvalue weighted by atomic mass is 10.4. The molecule has 12 heavy (non-hydrogen) atoms. The fourth-order valence-electron chi connectivity index (χ4n) is 0.672. The van der Waals surface area contributed by atoms with Crippen LogP contribution < -0.4 is 0 Å². The molecule has 0 spiro atoms. The van der Waals surface area contributed by atoms with Gasteiger partial charge < -0.3 is 4.79 Å². The zero-order valence-electron chi connectivity index (χ0n) is 6.08. The van der Waals surface area contributed by atoms with Crippen LogP contribution in [0.5, 0.6) is 0 Å². The standard InChI is InChI=1S/C6H5Cl2NOS2/c1-11-3(2-10)5-4(7)6(8)9-12-5/h2-3H,1H3. The highest BCUT2D eigenvalue weighted by molar-refractivity contribution is 7.99. The van der Waals surface area contributed by atoms with Crippen LogP contribution in [0, 0.1) is 0 Å². The molecule has 1 atom stereocenters. The molecule has 66 valence electrons. The molecular formula is C6H5Cl2NOS2. The number of halogens is 2. The fourth-order valence-corrected chi connectivity index (χ4v) is 2.78. The number of hydrogen-bond donors (Lipinski definition) is 0. The number of aldehydes is 1. The van der Waals surface area contributed by atoms with Crippen LogP contribution in [0.4, 0.5) is 0 Å². The molecule has 0 aliphatic carbocycles. The maximum Gasteiger partial charge on any atom is 0.161 e. The van der Waals surface area contributed by atoms with E-state index in [0.717, 1.165) is 11.2 Å². The Balaban J connectivity index is 3.00. The van der Waals surface area contributed by atoms with Crippen molar-refractivity contribution in [2.24, 2.45) is 0 Å². The van der Waals surface area contributed by atoms with Crippen LogP contribution in [0.25, 0.3) is 0 Å². The Bertz CT molecular complexity index is 289. The lowest BCUT2D eigenvalue weighted by molar-refractivity contribution is -0.107. The van der Waals surface area contributed by atoms with E-state index in [1.54, 1.807) is 0 Å². The van der Waals surface area contributed by atoms with Crippen molar-refractivity contribution >= 4 is 52.8 Å². The molecule has 0 aliphatic heterocycles. The quantitative estimate of drug-likeness (QED) is 0.763. The molecule has 1 heterocycles. The highest BCUT2D eigenvalue weighted by Crippen LogP contribution is 2.37. The molecule has 0 bridgehead atoms. The number of hydrogen-bond acceptors (Lipinski definition) is 4. The smallest absolute Gasteiger partial charge is 0.161 e. The van der Waals surface area contributed by atoms with E-state index in [1.807, 2.05) is 6.26 Å². The molecule has 0 radical (unpaired) electrons. The minimum absolute atomic E-state index is 0.248. The number of carbonyl (C=O) groups is 1. The van der Waals surface area contributed by atoms with E-state index in [0.29, 0.717) is 5.02 Å². The van der Waals surface area contributed by atoms with Gasteiger partial charge in [0.15, 0.2) is 5.15 Å². The van der Waals surface area contributed by atoms with Crippen molar-refractivity contribution in [3.05, 3.63) is 15.1 Å². The van der Waals surface area contributed by atoms with Crippen molar-refractivity contribution in [1.82, 2.24) is 4.37 Å². The van der Waals surface area contributed by atoms with Gasteiger partial charge in [-0.3, -0.25) is 0 Å². The molecule has 1 unspecified atom stereocenters. The Kier molecular flexibility index (Phi) is 3.83. The summed E-state index contributed by atoms with van der Waals surface area (Å²) in [5.41, 5.74) is 0. The van der Waals surface area contributed by atoms with Gasteiger partial charge in [-0.05, 0) is 17.8 Å². The summed E-state index contributed by atoms with van der Waals surface area (Å²) in [6.07, 6.45) is 2.67. The van der Waals surface area contributed by atoms with Crippen LogP contribution >= 0.6 is 46.5 Å². The van der Waals surface area contributed by atoms with E-state index in [9.17, 15) is 4.79 Å². The molecule has 0 fully saturated rings. The summed E-state index contributed by atoms with van der Waals surface area (Å²) < 4.78 is 3.84. The summed E-state index contributed by atoms with van der Waals surface area (Å²) >= 11 is 14.0. The summed E-state index contributed by atoms with van der Waals surface area (Å²) in [5.74, 6) is 0. The molecular weight excluding hydrogens is 237 g/mol. The van der Waals surface area contributed by atoms with Crippen molar-refractivity contribution in [3.63, 3.8) is 0 Å². The van der Waals surface area contributed by atoms with Crippen LogP contribution in [-0.2, 0) is 4.79 Å². The lowest BCUT2D eigenvalue weighted by Gasteiger charge is -2.02. The van der Waals surface area contributed by atoms with E-state index in [4.69, 9.17) is 23.2 Å². The zero-order chi connectivity index (χ0) is 9.14. The van der Waals surface area contributed by atoms with E-state index in [2.05, 4.69) is 4.37 Å². The number of nitrogens with zero attached hydrogens (tertiary/aromatic N) is 1. The Labute approximate surface area is 88.4 Å². The first-order chi connectivity index (χ1) is 5.70. The van der Waals surface area contributed by atoms with Crippen molar-refractivity contribution in [2.75, 3.05) is 6.26 Å². The first kappa shape index (κ1) is 10.3. The molecule has 6 heteroatoms. The molecule has 0 aliphatic rings. The van der Waals surface area contributed by atoms with Gasteiger partial charge in [0.1, 0.15) is 6.29 Å². The van der Waals surface area contributed by atoms with Crippen LogP contribution in [0.15, 0.2) is 0 Å². The van der Waals surface area contributed by atoms with Crippen LogP contribution in [0.3, 0.4) is 0 Å². The van der Waals surface area contributed by atoms with Crippen molar-refractivity contribution in [1.29, 1.82) is 0 Å². The lowest BCUT2D eigenvalue weighted by Crippen LogP contribution is -1.90. The molecule has 0 N–H and O–H groups in total. The number of thioether (sulfide) groups is 1. The van der Waals surface area contributed by atoms with E-state index < -0.39 is 0 Å². The molecule has 1 rings (SSSR count). The predicted octanol–water partition coefficient (Wildman–Crippen LogP) is 3.05. The van der Waals surface area contributed by atoms with Crippen molar-refractivity contribution in [2.45, 2.75) is 5.25 Å². The summed E-state index contributed by atoms with van der Waals surface area (Å²) in [6, 6.07) is 0. The summed E-state index contributed by atoms with van der Waals surface area (Å²) in [7, 11) is 0. The summed E-state index contributed by atoms with van der Waals surface area (Å²) in [6.45, 7) is 0. The summed E-state index contributed by atoms with van der Waals surface area (Å²) in [4.78, 5) is 11.3. The molecule has 0 saturated carbocycles. The third-order valence-electron chi connectivity index (χ3n) is 1.26. The SMILES string of the molecule is CSC(C=O)c1snc(Cl)c1Cl. The molecule has 2 nitrogen and oxygen atoms in total. The average molecular weight is 242 g/mol. The van der Waals surface area contributed by atoms with Gasteiger partial charge in [-0.15, -0.1) is 11.8 Å². The largest absolute Gasteiger partial charge is 0.302 e. The van der Waals surface area contributed by atoms with Gasteiger partial charge in [-0.2, -0.15) is 4.37 Å². The Morgan fingerprint density at radius 2 is 2.33 bits per heavy atom. The van der Waals surface area contributed by atoms with E-state index >= 15 is 0 Å². The van der Waals surface area contributed by atoms with Gasteiger partial charge in [0.25, 0.3) is 0 Å². The molecule has 0 saturated heterocycles. The van der Waals surface area contributed by atoms with Crippen LogP contribution in [-0.4, -0.2) is 16.9 Å². The average Bonchev–Trinajstić information content (AvgIpc) is 2.38. The summed E-state index contributed by atoms with van der Waals surface area (Å²) in [5, 5.41) is 0.424. The molecule has 1 aromatic rings. The van der Waals surface area contributed by atoms with Crippen LogP contribution in [0.1, 0.15) is 10.1 Å². The van der Waals surface area contributed by atoms with E-state index in [-0.39, 0.29) is 10.4 Å². The van der Waals surface area contributed by atoms with Gasteiger partial charge >= 0.3 is 0 Å². The molecule has 0 aromatic carbocycles. The monoisotopic (exact) mass is 241 g/mol. The first-order valence-electron chi connectivity index (χ1n) is 2.99. The number of rotatable bonds is 3. The number of carbonyl (C=O) groups excluding carboxylic acids is 1. The van der Waals surface area contributed by atoms with Gasteiger partial charge in [0.2, 0.25) is 0 Å². The third kappa shape index (κ3) is 1.93. The van der Waals surface area contributed by atoms with Crippen molar-refractivity contribution in [3.8, 4) is 0 Å². The van der Waals surface area contributed by atoms with E-state index in [1.165, 1.54) is 23.3 Å². The Morgan fingerprint density at radius 3 is 2.67 bits per heavy atom. The molecule has 1 aromatic heterocycles. The highest BCUT2D eigenvalue weighted by Gasteiger charge is 2.18. The maximum absolute atomic E-state index is 10.6. The topological polar surface area (TPSA) is 30.0 Å². The minimum Gasteiger partial charge on any atom is -0.302 e. The fraction of sp³-hybridized carbons (Fsp3) is 0.333. The second-order valence-corrected chi connectivity index (χ2v) is 4.46. The zero-order valence-corrected chi connectivity index (χ0v) is 9.23. The van der Waals surface area contributed by atoms with Crippen LogP contribution in [0.2, 0.25) is 10.2 Å². The van der Waals surface area contributed by atoms with Gasteiger partial charge in [0, 0.05) is 0 Å². The van der Waals surface area contributed by atoms with Gasteiger partial charge in [0.05, 0.1) is 15.1 Å². The van der Waals surface area contributed by atoms with Gasteiger partial charge in [-0.25, -0.2) is 0 Å². The minimum atomic E-state index is -0.248.